The van der Waals surface area contributed by atoms with Crippen LogP contribution in [0.15, 0.2) is 16.6 Å². The molecule has 0 aliphatic carbocycles. The quantitative estimate of drug-likeness (QED) is 0.878. The molecule has 1 aromatic carbocycles. The molecule has 4 nitrogen and oxygen atoms in total. The third-order valence-corrected chi connectivity index (χ3v) is 3.01. The Balaban J connectivity index is 3.09. The van der Waals surface area contributed by atoms with E-state index < -0.39 is 5.97 Å². The highest BCUT2D eigenvalue weighted by atomic mass is 79.9. The number of ether oxygens (including phenoxy) is 2. The largest absolute Gasteiger partial charge is 0.493 e. The van der Waals surface area contributed by atoms with Gasteiger partial charge in [0.2, 0.25) is 0 Å². The standard InChI is InChI=1S/C12H15BrO4/c1-3-17-12-8(4-7-11(14)15)9(13)5-6-10(12)16-2/h5-6H,3-4,7H2,1-2H3,(H,14,15). The summed E-state index contributed by atoms with van der Waals surface area (Å²) in [5, 5.41) is 8.73. The van der Waals surface area contributed by atoms with Crippen LogP contribution in [0.1, 0.15) is 18.9 Å². The van der Waals surface area contributed by atoms with Crippen LogP contribution < -0.4 is 9.47 Å². The van der Waals surface area contributed by atoms with Crippen LogP contribution in [0.3, 0.4) is 0 Å². The Bertz CT molecular complexity index is 404. The van der Waals surface area contributed by atoms with Gasteiger partial charge in [0.05, 0.1) is 13.7 Å². The van der Waals surface area contributed by atoms with Crippen molar-refractivity contribution in [3.05, 3.63) is 22.2 Å². The zero-order valence-corrected chi connectivity index (χ0v) is 11.4. The molecule has 0 atom stereocenters. The molecule has 17 heavy (non-hydrogen) atoms. The maximum Gasteiger partial charge on any atom is 0.303 e. The Labute approximate surface area is 109 Å². The third-order valence-electron chi connectivity index (χ3n) is 2.26. The van der Waals surface area contributed by atoms with Gasteiger partial charge in [0.1, 0.15) is 0 Å². The van der Waals surface area contributed by atoms with Gasteiger partial charge in [-0.05, 0) is 25.5 Å². The van der Waals surface area contributed by atoms with E-state index in [0.29, 0.717) is 24.5 Å². The van der Waals surface area contributed by atoms with E-state index in [9.17, 15) is 4.79 Å². The summed E-state index contributed by atoms with van der Waals surface area (Å²) in [7, 11) is 1.56. The smallest absolute Gasteiger partial charge is 0.303 e. The second-order valence-electron chi connectivity index (χ2n) is 3.38. The summed E-state index contributed by atoms with van der Waals surface area (Å²) in [5.41, 5.74) is 0.827. The van der Waals surface area contributed by atoms with Crippen LogP contribution in [0.25, 0.3) is 0 Å². The van der Waals surface area contributed by atoms with E-state index in [0.717, 1.165) is 10.0 Å². The van der Waals surface area contributed by atoms with Gasteiger partial charge >= 0.3 is 5.97 Å². The lowest BCUT2D eigenvalue weighted by Crippen LogP contribution is -2.03. The van der Waals surface area contributed by atoms with Crippen molar-refractivity contribution < 1.29 is 19.4 Å². The molecule has 0 unspecified atom stereocenters. The maximum atomic E-state index is 10.6. The summed E-state index contributed by atoms with van der Waals surface area (Å²) in [5.74, 6) is 0.406. The highest BCUT2D eigenvalue weighted by Gasteiger charge is 2.15. The van der Waals surface area contributed by atoms with Gasteiger partial charge in [-0.2, -0.15) is 0 Å². The minimum Gasteiger partial charge on any atom is -0.493 e. The molecular weight excluding hydrogens is 288 g/mol. The topological polar surface area (TPSA) is 55.8 Å². The number of hydrogen-bond donors (Lipinski definition) is 1. The molecule has 0 amide bonds. The molecule has 0 saturated heterocycles. The number of carboxylic acid groups (broad SMARTS) is 1. The molecule has 94 valence electrons. The SMILES string of the molecule is CCOc1c(OC)ccc(Br)c1CCC(=O)O. The number of methoxy groups -OCH3 is 1. The van der Waals surface area contributed by atoms with Gasteiger partial charge in [-0.25, -0.2) is 0 Å². The van der Waals surface area contributed by atoms with Crippen molar-refractivity contribution in [2.75, 3.05) is 13.7 Å². The number of carbonyl (C=O) groups is 1. The normalized spacial score (nSPS) is 10.1. The predicted molar refractivity (Wildman–Crippen MR) is 67.8 cm³/mol. The fraction of sp³-hybridized carbons (Fsp3) is 0.417. The molecular formula is C12H15BrO4. The highest BCUT2D eigenvalue weighted by Crippen LogP contribution is 2.37. The van der Waals surface area contributed by atoms with E-state index in [1.54, 1.807) is 13.2 Å². The molecule has 0 spiro atoms. The average Bonchev–Trinajstić information content (AvgIpc) is 2.28. The minimum absolute atomic E-state index is 0.0614. The van der Waals surface area contributed by atoms with Crippen LogP contribution in [0.2, 0.25) is 0 Å². The van der Waals surface area contributed by atoms with Crippen molar-refractivity contribution in [3.8, 4) is 11.5 Å². The zero-order chi connectivity index (χ0) is 12.8. The summed E-state index contributed by atoms with van der Waals surface area (Å²) in [4.78, 5) is 10.6. The number of rotatable bonds is 6. The summed E-state index contributed by atoms with van der Waals surface area (Å²) >= 11 is 3.40. The van der Waals surface area contributed by atoms with E-state index >= 15 is 0 Å². The molecule has 5 heteroatoms. The van der Waals surface area contributed by atoms with E-state index in [1.807, 2.05) is 13.0 Å². The van der Waals surface area contributed by atoms with Crippen LogP contribution in [0, 0.1) is 0 Å². The number of carboxylic acids is 1. The fourth-order valence-corrected chi connectivity index (χ4v) is 2.02. The Morgan fingerprint density at radius 2 is 2.18 bits per heavy atom. The molecule has 0 radical (unpaired) electrons. The van der Waals surface area contributed by atoms with E-state index in [1.165, 1.54) is 0 Å². The number of hydrogen-bond acceptors (Lipinski definition) is 3. The number of halogens is 1. The van der Waals surface area contributed by atoms with Crippen molar-refractivity contribution in [1.82, 2.24) is 0 Å². The van der Waals surface area contributed by atoms with Crippen LogP contribution in [-0.4, -0.2) is 24.8 Å². The van der Waals surface area contributed by atoms with Crippen LogP contribution in [0.4, 0.5) is 0 Å². The van der Waals surface area contributed by atoms with Crippen molar-refractivity contribution in [1.29, 1.82) is 0 Å². The number of benzene rings is 1. The number of aliphatic carboxylic acids is 1. The Hall–Kier alpha value is -1.23. The summed E-state index contributed by atoms with van der Waals surface area (Å²) in [6.45, 7) is 2.38. The molecule has 0 fully saturated rings. The van der Waals surface area contributed by atoms with Crippen LogP contribution in [-0.2, 0) is 11.2 Å². The van der Waals surface area contributed by atoms with Crippen molar-refractivity contribution in [2.24, 2.45) is 0 Å². The van der Waals surface area contributed by atoms with Gasteiger partial charge < -0.3 is 14.6 Å². The van der Waals surface area contributed by atoms with Crippen molar-refractivity contribution in [2.45, 2.75) is 19.8 Å². The van der Waals surface area contributed by atoms with Crippen LogP contribution in [0.5, 0.6) is 11.5 Å². The third kappa shape index (κ3) is 3.63. The van der Waals surface area contributed by atoms with Gasteiger partial charge in [0, 0.05) is 16.5 Å². The molecule has 0 saturated carbocycles. The van der Waals surface area contributed by atoms with Crippen LogP contribution >= 0.6 is 15.9 Å². The first-order chi connectivity index (χ1) is 8.10. The second-order valence-corrected chi connectivity index (χ2v) is 4.24. The maximum absolute atomic E-state index is 10.6. The second kappa shape index (κ2) is 6.49. The molecule has 0 aliphatic heterocycles. The van der Waals surface area contributed by atoms with E-state index in [-0.39, 0.29) is 6.42 Å². The van der Waals surface area contributed by atoms with Gasteiger partial charge in [0.15, 0.2) is 11.5 Å². The van der Waals surface area contributed by atoms with E-state index in [4.69, 9.17) is 14.6 Å². The lowest BCUT2D eigenvalue weighted by molar-refractivity contribution is -0.136. The Morgan fingerprint density at radius 3 is 2.71 bits per heavy atom. The molecule has 0 heterocycles. The fourth-order valence-electron chi connectivity index (χ4n) is 1.51. The van der Waals surface area contributed by atoms with Gasteiger partial charge in [-0.3, -0.25) is 4.79 Å². The molecule has 0 bridgehead atoms. The molecule has 1 N–H and O–H groups in total. The zero-order valence-electron chi connectivity index (χ0n) is 9.83. The summed E-state index contributed by atoms with van der Waals surface area (Å²) < 4.78 is 11.6. The first kappa shape index (κ1) is 13.8. The van der Waals surface area contributed by atoms with Crippen molar-refractivity contribution in [3.63, 3.8) is 0 Å². The first-order valence-corrected chi connectivity index (χ1v) is 6.09. The molecule has 0 aromatic heterocycles. The lowest BCUT2D eigenvalue weighted by atomic mass is 10.1. The van der Waals surface area contributed by atoms with Gasteiger partial charge in [-0.1, -0.05) is 15.9 Å². The summed E-state index contributed by atoms with van der Waals surface area (Å²) in [6.07, 6.45) is 0.467. The first-order valence-electron chi connectivity index (χ1n) is 5.30. The predicted octanol–water partition coefficient (Wildman–Crippen LogP) is 2.87. The average molecular weight is 303 g/mol. The molecule has 0 aliphatic rings. The highest BCUT2D eigenvalue weighted by molar-refractivity contribution is 9.10. The minimum atomic E-state index is -0.831. The van der Waals surface area contributed by atoms with Gasteiger partial charge in [0.25, 0.3) is 0 Å². The molecule has 1 aromatic rings. The van der Waals surface area contributed by atoms with E-state index in [2.05, 4.69) is 15.9 Å². The van der Waals surface area contributed by atoms with Gasteiger partial charge in [-0.15, -0.1) is 0 Å². The summed E-state index contributed by atoms with van der Waals surface area (Å²) in [6, 6.07) is 3.62. The lowest BCUT2D eigenvalue weighted by Gasteiger charge is -2.15. The molecule has 1 rings (SSSR count). The Morgan fingerprint density at radius 1 is 1.47 bits per heavy atom. The monoisotopic (exact) mass is 302 g/mol. The van der Waals surface area contributed by atoms with Crippen molar-refractivity contribution >= 4 is 21.9 Å². The Kier molecular flexibility index (Phi) is 5.28.